The second-order valence-electron chi connectivity index (χ2n) is 6.93. The normalized spacial score (nSPS) is 13.2. The Morgan fingerprint density at radius 1 is 1.10 bits per heavy atom. The van der Waals surface area contributed by atoms with E-state index >= 15 is 0 Å². The van der Waals surface area contributed by atoms with Crippen LogP contribution in [0.3, 0.4) is 0 Å². The van der Waals surface area contributed by atoms with E-state index in [1.165, 1.54) is 24.3 Å². The van der Waals surface area contributed by atoms with Gasteiger partial charge in [0.2, 0.25) is 0 Å². The van der Waals surface area contributed by atoms with Gasteiger partial charge in [0.05, 0.1) is 17.1 Å². The third-order valence-corrected chi connectivity index (χ3v) is 4.88. The van der Waals surface area contributed by atoms with E-state index in [9.17, 15) is 19.7 Å². The summed E-state index contributed by atoms with van der Waals surface area (Å²) in [4.78, 5) is 37.7. The molecule has 0 radical (unpaired) electrons. The van der Waals surface area contributed by atoms with Crippen LogP contribution < -0.4 is 15.5 Å². The molecule has 2 N–H and O–H groups in total. The van der Waals surface area contributed by atoms with Crippen molar-refractivity contribution in [2.75, 3.05) is 43.6 Å². The lowest BCUT2D eigenvalue weighted by Crippen LogP contribution is -2.30. The Morgan fingerprint density at radius 2 is 1.80 bits per heavy atom. The van der Waals surface area contributed by atoms with Crippen LogP contribution in [0.25, 0.3) is 0 Å². The van der Waals surface area contributed by atoms with Gasteiger partial charge in [-0.3, -0.25) is 19.7 Å². The Kier molecular flexibility index (Phi) is 6.97. The molecule has 2 amide bonds. The maximum atomic E-state index is 12.7. The molecule has 3 rings (SSSR count). The van der Waals surface area contributed by atoms with E-state index in [4.69, 9.17) is 4.74 Å². The fourth-order valence-electron chi connectivity index (χ4n) is 3.33. The Labute approximate surface area is 174 Å². The summed E-state index contributed by atoms with van der Waals surface area (Å²) in [5.74, 6) is -0.648. The molecule has 158 valence electrons. The minimum absolute atomic E-state index is 0.0865. The largest absolute Gasteiger partial charge is 0.383 e. The minimum atomic E-state index is -0.521. The molecule has 9 heteroatoms. The number of nitrogens with one attached hydrogen (secondary N) is 2. The first-order valence-corrected chi connectivity index (χ1v) is 9.71. The van der Waals surface area contributed by atoms with Gasteiger partial charge in [0, 0.05) is 55.8 Å². The Balaban J connectivity index is 1.80. The number of nitro benzene ring substituents is 1. The van der Waals surface area contributed by atoms with Gasteiger partial charge >= 0.3 is 0 Å². The van der Waals surface area contributed by atoms with Crippen molar-refractivity contribution in [1.29, 1.82) is 0 Å². The second kappa shape index (κ2) is 9.84. The number of carbonyl (C=O) groups excluding carboxylic acids is 2. The van der Waals surface area contributed by atoms with Crippen LogP contribution in [-0.4, -0.2) is 50.1 Å². The molecule has 1 heterocycles. The zero-order valence-electron chi connectivity index (χ0n) is 16.7. The number of hydrogen-bond acceptors (Lipinski definition) is 6. The summed E-state index contributed by atoms with van der Waals surface area (Å²) in [6.07, 6.45) is 2.15. The molecule has 0 bridgehead atoms. The maximum Gasteiger partial charge on any atom is 0.269 e. The summed E-state index contributed by atoms with van der Waals surface area (Å²) in [6.45, 7) is 2.55. The molecule has 0 aliphatic carbocycles. The van der Waals surface area contributed by atoms with Gasteiger partial charge in [-0.2, -0.15) is 0 Å². The van der Waals surface area contributed by atoms with Crippen molar-refractivity contribution in [2.24, 2.45) is 0 Å². The fourth-order valence-corrected chi connectivity index (χ4v) is 3.33. The number of non-ortho nitro benzene ring substituents is 1. The molecule has 1 fully saturated rings. The molecule has 1 aliphatic rings. The molecule has 2 aromatic carbocycles. The number of amides is 2. The number of carbonyl (C=O) groups is 2. The molecule has 0 atom stereocenters. The van der Waals surface area contributed by atoms with Crippen LogP contribution in [0, 0.1) is 10.1 Å². The highest BCUT2D eigenvalue weighted by Gasteiger charge is 2.20. The Morgan fingerprint density at radius 3 is 2.43 bits per heavy atom. The molecular formula is C21H24N4O5. The van der Waals surface area contributed by atoms with Crippen molar-refractivity contribution in [3.63, 3.8) is 0 Å². The van der Waals surface area contributed by atoms with Gasteiger partial charge in [-0.25, -0.2) is 0 Å². The van der Waals surface area contributed by atoms with Crippen molar-refractivity contribution in [1.82, 2.24) is 5.32 Å². The lowest BCUT2D eigenvalue weighted by Gasteiger charge is -2.22. The predicted octanol–water partition coefficient (Wildman–Crippen LogP) is 2.82. The van der Waals surface area contributed by atoms with Crippen LogP contribution in [0.5, 0.6) is 0 Å². The highest BCUT2D eigenvalue weighted by atomic mass is 16.6. The van der Waals surface area contributed by atoms with E-state index < -0.39 is 10.8 Å². The van der Waals surface area contributed by atoms with Gasteiger partial charge in [-0.1, -0.05) is 0 Å². The first-order chi connectivity index (χ1) is 14.5. The molecule has 9 nitrogen and oxygen atoms in total. The molecule has 0 saturated carbocycles. The number of rotatable bonds is 8. The van der Waals surface area contributed by atoms with Crippen LogP contribution >= 0.6 is 0 Å². The number of hydrogen-bond donors (Lipinski definition) is 2. The summed E-state index contributed by atoms with van der Waals surface area (Å²) < 4.78 is 4.98. The van der Waals surface area contributed by atoms with E-state index in [2.05, 4.69) is 15.5 Å². The minimum Gasteiger partial charge on any atom is -0.383 e. The van der Waals surface area contributed by atoms with Crippen LogP contribution in [0.15, 0.2) is 42.5 Å². The monoisotopic (exact) mass is 412 g/mol. The van der Waals surface area contributed by atoms with Crippen molar-refractivity contribution >= 4 is 28.9 Å². The third kappa shape index (κ3) is 5.12. The summed E-state index contributed by atoms with van der Waals surface area (Å²) >= 11 is 0. The van der Waals surface area contributed by atoms with Gasteiger partial charge in [0.25, 0.3) is 17.5 Å². The van der Waals surface area contributed by atoms with Crippen molar-refractivity contribution in [3.8, 4) is 0 Å². The summed E-state index contributed by atoms with van der Waals surface area (Å²) in [6, 6.07) is 10.6. The van der Waals surface area contributed by atoms with Crippen molar-refractivity contribution in [2.45, 2.75) is 12.8 Å². The lowest BCUT2D eigenvalue weighted by atomic mass is 10.1. The number of nitrogens with zero attached hydrogens (tertiary/aromatic N) is 2. The number of ether oxygens (including phenoxy) is 1. The second-order valence-corrected chi connectivity index (χ2v) is 6.93. The number of methoxy groups -OCH3 is 1. The Bertz CT molecular complexity index is 923. The fraction of sp³-hybridized carbons (Fsp3) is 0.333. The van der Waals surface area contributed by atoms with Crippen LogP contribution in [0.2, 0.25) is 0 Å². The lowest BCUT2D eigenvalue weighted by molar-refractivity contribution is -0.384. The first kappa shape index (κ1) is 21.3. The van der Waals surface area contributed by atoms with Crippen LogP contribution in [0.1, 0.15) is 33.6 Å². The van der Waals surface area contributed by atoms with Crippen molar-refractivity contribution in [3.05, 3.63) is 63.7 Å². The number of benzene rings is 2. The smallest absolute Gasteiger partial charge is 0.269 e. The SMILES string of the molecule is COCCNC(=O)c1cc(NC(=O)c2ccc([N+](=O)[O-])cc2)ccc1N1CCCC1. The summed E-state index contributed by atoms with van der Waals surface area (Å²) in [5.41, 5.74) is 1.98. The summed E-state index contributed by atoms with van der Waals surface area (Å²) in [7, 11) is 1.57. The van der Waals surface area contributed by atoms with E-state index in [1.54, 1.807) is 19.2 Å². The van der Waals surface area contributed by atoms with E-state index in [0.717, 1.165) is 31.6 Å². The molecule has 0 spiro atoms. The molecule has 0 unspecified atom stereocenters. The van der Waals surface area contributed by atoms with Crippen LogP contribution in [-0.2, 0) is 4.74 Å². The molecule has 2 aromatic rings. The van der Waals surface area contributed by atoms with Gasteiger partial charge in [-0.15, -0.1) is 0 Å². The van der Waals surface area contributed by atoms with Crippen LogP contribution in [0.4, 0.5) is 17.1 Å². The van der Waals surface area contributed by atoms with E-state index in [1.807, 2.05) is 6.07 Å². The van der Waals surface area contributed by atoms with Gasteiger partial charge in [0.15, 0.2) is 0 Å². The maximum absolute atomic E-state index is 12.7. The van der Waals surface area contributed by atoms with E-state index in [-0.39, 0.29) is 17.2 Å². The topological polar surface area (TPSA) is 114 Å². The summed E-state index contributed by atoms with van der Waals surface area (Å²) in [5, 5.41) is 16.3. The average Bonchev–Trinajstić information content (AvgIpc) is 3.28. The van der Waals surface area contributed by atoms with E-state index in [0.29, 0.717) is 24.4 Å². The molecule has 1 aliphatic heterocycles. The Hall–Kier alpha value is -3.46. The molecule has 0 aromatic heterocycles. The molecule has 30 heavy (non-hydrogen) atoms. The van der Waals surface area contributed by atoms with Crippen molar-refractivity contribution < 1.29 is 19.2 Å². The first-order valence-electron chi connectivity index (χ1n) is 9.71. The zero-order chi connectivity index (χ0) is 21.5. The molecule has 1 saturated heterocycles. The third-order valence-electron chi connectivity index (χ3n) is 4.88. The van der Waals surface area contributed by atoms with Gasteiger partial charge in [0.1, 0.15) is 0 Å². The highest BCUT2D eigenvalue weighted by molar-refractivity contribution is 6.06. The van der Waals surface area contributed by atoms with Gasteiger partial charge in [-0.05, 0) is 43.2 Å². The highest BCUT2D eigenvalue weighted by Crippen LogP contribution is 2.28. The predicted molar refractivity (Wildman–Crippen MR) is 113 cm³/mol. The quantitative estimate of drug-likeness (QED) is 0.392. The molecular weight excluding hydrogens is 388 g/mol. The average molecular weight is 412 g/mol. The number of anilines is 2. The zero-order valence-corrected chi connectivity index (χ0v) is 16.7. The van der Waals surface area contributed by atoms with Gasteiger partial charge < -0.3 is 20.3 Å². The number of nitro groups is 1. The standard InChI is InChI=1S/C21H24N4O5/c1-30-13-10-22-21(27)18-14-16(6-9-19(18)24-11-2-3-12-24)23-20(26)15-4-7-17(8-5-15)25(28)29/h4-9,14H,2-3,10-13H2,1H3,(H,22,27)(H,23,26).